The minimum atomic E-state index is -0.163. The van der Waals surface area contributed by atoms with Gasteiger partial charge in [-0.05, 0) is 18.4 Å². The molecule has 1 aromatic rings. The van der Waals surface area contributed by atoms with Gasteiger partial charge in [0.05, 0.1) is 10.8 Å². The van der Waals surface area contributed by atoms with Crippen molar-refractivity contribution in [3.05, 3.63) is 18.2 Å². The van der Waals surface area contributed by atoms with Crippen LogP contribution in [0.3, 0.4) is 0 Å². The monoisotopic (exact) mass is 230 g/mol. The van der Waals surface area contributed by atoms with Crippen LogP contribution in [0.4, 0.5) is 0 Å². The largest absolute Gasteiger partial charge is 0.199 e. The average Bonchev–Trinajstić information content (AvgIpc) is 2.23. The first-order valence-electron chi connectivity index (χ1n) is 4.27. The van der Waals surface area contributed by atoms with Gasteiger partial charge in [0.2, 0.25) is 0 Å². The number of halogens is 2. The Morgan fingerprint density at radius 2 is 1.93 bits per heavy atom. The number of allylic oxidation sites excluding steroid dienone is 2. The molecule has 0 spiro atoms. The standard InChI is InChI=1S/C8H8Cl2N4/c9-6-2-1-5(3-7(6)10)8-13-11-4-12-14-8/h3-4,6-7H,1-2H2. The average molecular weight is 231 g/mol. The third-order valence-electron chi connectivity index (χ3n) is 2.09. The van der Waals surface area contributed by atoms with E-state index < -0.39 is 0 Å². The van der Waals surface area contributed by atoms with Crippen LogP contribution in [-0.2, 0) is 0 Å². The number of hydrogen-bond acceptors (Lipinski definition) is 4. The fraction of sp³-hybridized carbons (Fsp3) is 0.500. The van der Waals surface area contributed by atoms with Crippen molar-refractivity contribution in [1.82, 2.24) is 20.4 Å². The number of rotatable bonds is 1. The van der Waals surface area contributed by atoms with Crippen molar-refractivity contribution in [1.29, 1.82) is 0 Å². The maximum atomic E-state index is 6.01. The van der Waals surface area contributed by atoms with E-state index in [-0.39, 0.29) is 10.8 Å². The highest BCUT2D eigenvalue weighted by Gasteiger charge is 2.22. The van der Waals surface area contributed by atoms with E-state index in [9.17, 15) is 0 Å². The number of hydrogen-bond donors (Lipinski definition) is 0. The molecule has 1 aliphatic rings. The summed E-state index contributed by atoms with van der Waals surface area (Å²) in [7, 11) is 0. The predicted octanol–water partition coefficient (Wildman–Crippen LogP) is 1.66. The molecule has 0 saturated carbocycles. The van der Waals surface area contributed by atoms with E-state index in [0.29, 0.717) is 5.82 Å². The Balaban J connectivity index is 2.24. The lowest BCUT2D eigenvalue weighted by Crippen LogP contribution is -2.18. The number of alkyl halides is 2. The lowest BCUT2D eigenvalue weighted by Gasteiger charge is -2.19. The first-order chi connectivity index (χ1) is 6.77. The highest BCUT2D eigenvalue weighted by molar-refractivity contribution is 6.31. The molecule has 1 aromatic heterocycles. The zero-order valence-corrected chi connectivity index (χ0v) is 8.78. The van der Waals surface area contributed by atoms with E-state index in [1.165, 1.54) is 6.33 Å². The van der Waals surface area contributed by atoms with Gasteiger partial charge in [-0.2, -0.15) is 0 Å². The van der Waals surface area contributed by atoms with Gasteiger partial charge in [0.25, 0.3) is 0 Å². The van der Waals surface area contributed by atoms with Crippen LogP contribution in [0.25, 0.3) is 5.57 Å². The summed E-state index contributed by atoms with van der Waals surface area (Å²) in [5, 5.41) is 14.9. The highest BCUT2D eigenvalue weighted by Crippen LogP contribution is 2.30. The summed E-state index contributed by atoms with van der Waals surface area (Å²) in [4.78, 5) is 0. The molecule has 0 N–H and O–H groups in total. The molecule has 74 valence electrons. The second-order valence-electron chi connectivity index (χ2n) is 3.06. The summed E-state index contributed by atoms with van der Waals surface area (Å²) >= 11 is 12.0. The van der Waals surface area contributed by atoms with Gasteiger partial charge in [0.1, 0.15) is 0 Å². The Kier molecular flexibility index (Phi) is 2.93. The molecule has 2 rings (SSSR count). The summed E-state index contributed by atoms with van der Waals surface area (Å²) < 4.78 is 0. The second-order valence-corrected chi connectivity index (χ2v) is 4.13. The molecule has 0 radical (unpaired) electrons. The Bertz CT molecular complexity index is 340. The molecule has 0 amide bonds. The van der Waals surface area contributed by atoms with Crippen LogP contribution in [0, 0.1) is 0 Å². The summed E-state index contributed by atoms with van der Waals surface area (Å²) in [5.74, 6) is 0.543. The molecule has 14 heavy (non-hydrogen) atoms. The molecule has 0 aliphatic heterocycles. The van der Waals surface area contributed by atoms with Gasteiger partial charge in [0.15, 0.2) is 12.2 Å². The Morgan fingerprint density at radius 1 is 1.21 bits per heavy atom. The lowest BCUT2D eigenvalue weighted by atomic mass is 9.98. The molecule has 0 saturated heterocycles. The summed E-state index contributed by atoms with van der Waals surface area (Å²) in [6.45, 7) is 0. The SMILES string of the molecule is ClC1C=C(c2nncnn2)CCC1Cl. The normalized spacial score (nSPS) is 27.1. The Labute approximate surface area is 91.3 Å². The molecule has 0 aromatic carbocycles. The molecular weight excluding hydrogens is 223 g/mol. The van der Waals surface area contributed by atoms with Gasteiger partial charge in [-0.25, -0.2) is 0 Å². The van der Waals surface area contributed by atoms with Gasteiger partial charge < -0.3 is 0 Å². The van der Waals surface area contributed by atoms with Crippen LogP contribution < -0.4 is 0 Å². The van der Waals surface area contributed by atoms with Crippen molar-refractivity contribution in [3.8, 4) is 0 Å². The van der Waals surface area contributed by atoms with E-state index in [1.807, 2.05) is 6.08 Å². The molecular formula is C8H8Cl2N4. The second kappa shape index (κ2) is 4.19. The molecule has 1 heterocycles. The van der Waals surface area contributed by atoms with Crippen molar-refractivity contribution in [2.24, 2.45) is 0 Å². The zero-order valence-electron chi connectivity index (χ0n) is 7.27. The Morgan fingerprint density at radius 3 is 2.57 bits per heavy atom. The lowest BCUT2D eigenvalue weighted by molar-refractivity contribution is 0.737. The fourth-order valence-electron chi connectivity index (χ4n) is 1.35. The van der Waals surface area contributed by atoms with E-state index in [1.54, 1.807) is 0 Å². The van der Waals surface area contributed by atoms with E-state index >= 15 is 0 Å². The summed E-state index contributed by atoms with van der Waals surface area (Å²) in [6, 6.07) is 0. The first kappa shape index (κ1) is 9.80. The third kappa shape index (κ3) is 2.01. The van der Waals surface area contributed by atoms with E-state index in [0.717, 1.165) is 18.4 Å². The molecule has 0 fully saturated rings. The number of aromatic nitrogens is 4. The van der Waals surface area contributed by atoms with Gasteiger partial charge in [-0.1, -0.05) is 6.08 Å². The molecule has 4 nitrogen and oxygen atoms in total. The molecule has 6 heteroatoms. The minimum absolute atomic E-state index is 0.00922. The summed E-state index contributed by atoms with van der Waals surface area (Å²) in [5.41, 5.74) is 0.975. The topological polar surface area (TPSA) is 51.6 Å². The predicted molar refractivity (Wildman–Crippen MR) is 54.1 cm³/mol. The van der Waals surface area contributed by atoms with E-state index in [2.05, 4.69) is 20.4 Å². The van der Waals surface area contributed by atoms with Crippen LogP contribution in [0.2, 0.25) is 0 Å². The van der Waals surface area contributed by atoms with Gasteiger partial charge >= 0.3 is 0 Å². The van der Waals surface area contributed by atoms with Crippen LogP contribution >= 0.6 is 23.2 Å². The van der Waals surface area contributed by atoms with Gasteiger partial charge in [-0.3, -0.25) is 0 Å². The molecule has 2 unspecified atom stereocenters. The molecule has 1 aliphatic carbocycles. The summed E-state index contributed by atoms with van der Waals surface area (Å²) in [6.07, 6.45) is 4.83. The number of nitrogens with zero attached hydrogens (tertiary/aromatic N) is 4. The maximum absolute atomic E-state index is 6.01. The molecule has 0 bridgehead atoms. The maximum Gasteiger partial charge on any atom is 0.199 e. The highest BCUT2D eigenvalue weighted by atomic mass is 35.5. The third-order valence-corrected chi connectivity index (χ3v) is 3.14. The first-order valence-corrected chi connectivity index (χ1v) is 5.14. The Hall–Kier alpha value is -0.740. The van der Waals surface area contributed by atoms with Crippen LogP contribution in [-0.4, -0.2) is 31.1 Å². The van der Waals surface area contributed by atoms with Gasteiger partial charge in [0, 0.05) is 0 Å². The van der Waals surface area contributed by atoms with Crippen molar-refractivity contribution in [2.75, 3.05) is 0 Å². The van der Waals surface area contributed by atoms with Gasteiger partial charge in [-0.15, -0.1) is 43.6 Å². The molecule has 2 atom stereocenters. The van der Waals surface area contributed by atoms with Crippen molar-refractivity contribution >= 4 is 28.8 Å². The van der Waals surface area contributed by atoms with Crippen molar-refractivity contribution in [2.45, 2.75) is 23.6 Å². The smallest absolute Gasteiger partial charge is 0.135 e. The van der Waals surface area contributed by atoms with E-state index in [4.69, 9.17) is 23.2 Å². The zero-order chi connectivity index (χ0) is 9.97. The van der Waals surface area contributed by atoms with Crippen LogP contribution in [0.5, 0.6) is 0 Å². The minimum Gasteiger partial charge on any atom is -0.135 e. The van der Waals surface area contributed by atoms with Crippen molar-refractivity contribution in [3.63, 3.8) is 0 Å². The fourth-order valence-corrected chi connectivity index (χ4v) is 1.81. The van der Waals surface area contributed by atoms with Crippen molar-refractivity contribution < 1.29 is 0 Å². The quantitative estimate of drug-likeness (QED) is 0.689. The van der Waals surface area contributed by atoms with Crippen LogP contribution in [0.1, 0.15) is 18.7 Å². The van der Waals surface area contributed by atoms with Crippen LogP contribution in [0.15, 0.2) is 12.4 Å².